The fraction of sp³-hybridized carbons (Fsp3) is 0.533. The summed E-state index contributed by atoms with van der Waals surface area (Å²) in [6.07, 6.45) is 2.66. The smallest absolute Gasteiger partial charge is 0.238 e. The lowest BCUT2D eigenvalue weighted by molar-refractivity contribution is -0.123. The number of rotatable bonds is 4. The molecule has 1 saturated carbocycles. The number of nitrogens with one attached hydrogen (secondary N) is 3. The van der Waals surface area contributed by atoms with Crippen molar-refractivity contribution in [3.05, 3.63) is 35.4 Å². The lowest BCUT2D eigenvalue weighted by Crippen LogP contribution is -2.55. The van der Waals surface area contributed by atoms with Crippen LogP contribution in [0.25, 0.3) is 0 Å². The Morgan fingerprint density at radius 1 is 1.21 bits per heavy atom. The van der Waals surface area contributed by atoms with Crippen molar-refractivity contribution < 1.29 is 4.79 Å². The number of carbonyl (C=O) groups excluding carboxylic acids is 1. The zero-order valence-corrected chi connectivity index (χ0v) is 11.1. The third-order valence-electron chi connectivity index (χ3n) is 3.85. The summed E-state index contributed by atoms with van der Waals surface area (Å²) < 4.78 is 0. The van der Waals surface area contributed by atoms with Gasteiger partial charge in [0.25, 0.3) is 0 Å². The van der Waals surface area contributed by atoms with Crippen LogP contribution in [0.5, 0.6) is 0 Å². The highest BCUT2D eigenvalue weighted by Crippen LogP contribution is 2.39. The van der Waals surface area contributed by atoms with Crippen molar-refractivity contribution in [2.24, 2.45) is 0 Å². The molecule has 0 spiro atoms. The second kappa shape index (κ2) is 5.72. The highest BCUT2D eigenvalue weighted by molar-refractivity contribution is 5.82. The fourth-order valence-electron chi connectivity index (χ4n) is 2.48. The van der Waals surface area contributed by atoms with Gasteiger partial charge in [-0.2, -0.15) is 0 Å². The Kier molecular flexibility index (Phi) is 3.80. The summed E-state index contributed by atoms with van der Waals surface area (Å²) >= 11 is 0. The molecule has 1 unspecified atom stereocenters. The summed E-state index contributed by atoms with van der Waals surface area (Å²) in [4.78, 5) is 11.9. The molecule has 1 saturated heterocycles. The molecule has 2 aliphatic rings. The molecule has 1 aromatic rings. The molecular formula is C15H21N3O. The average Bonchev–Trinajstić information content (AvgIpc) is 3.31. The molecule has 1 aromatic carbocycles. The monoisotopic (exact) mass is 259 g/mol. The van der Waals surface area contributed by atoms with Gasteiger partial charge in [-0.3, -0.25) is 4.79 Å². The molecule has 4 nitrogen and oxygen atoms in total. The summed E-state index contributed by atoms with van der Waals surface area (Å²) in [5, 5.41) is 9.42. The lowest BCUT2D eigenvalue weighted by Gasteiger charge is -2.23. The van der Waals surface area contributed by atoms with Crippen LogP contribution in [0.2, 0.25) is 0 Å². The molecule has 102 valence electrons. The Balaban J connectivity index is 1.49. The fourth-order valence-corrected chi connectivity index (χ4v) is 2.48. The third kappa shape index (κ3) is 3.33. The summed E-state index contributed by atoms with van der Waals surface area (Å²) in [5.41, 5.74) is 2.61. The number of carbonyl (C=O) groups is 1. The minimum Gasteiger partial charge on any atom is -0.351 e. The first-order valence-corrected chi connectivity index (χ1v) is 7.13. The van der Waals surface area contributed by atoms with Gasteiger partial charge in [-0.25, -0.2) is 0 Å². The topological polar surface area (TPSA) is 53.2 Å². The predicted molar refractivity (Wildman–Crippen MR) is 74.9 cm³/mol. The van der Waals surface area contributed by atoms with E-state index in [0.29, 0.717) is 13.1 Å². The molecule has 1 atom stereocenters. The Labute approximate surface area is 114 Å². The van der Waals surface area contributed by atoms with Crippen molar-refractivity contribution in [2.75, 3.05) is 19.6 Å². The van der Waals surface area contributed by atoms with E-state index in [-0.39, 0.29) is 11.9 Å². The van der Waals surface area contributed by atoms with E-state index >= 15 is 0 Å². The van der Waals surface area contributed by atoms with Crippen molar-refractivity contribution in [1.29, 1.82) is 0 Å². The van der Waals surface area contributed by atoms with E-state index in [2.05, 4.69) is 40.2 Å². The minimum absolute atomic E-state index is 0.0819. The summed E-state index contributed by atoms with van der Waals surface area (Å²) in [7, 11) is 0. The highest BCUT2D eigenvalue weighted by atomic mass is 16.2. The van der Waals surface area contributed by atoms with Crippen LogP contribution in [0.4, 0.5) is 0 Å². The van der Waals surface area contributed by atoms with Gasteiger partial charge < -0.3 is 16.0 Å². The maximum atomic E-state index is 11.9. The van der Waals surface area contributed by atoms with Crippen LogP contribution in [0, 0.1) is 0 Å². The zero-order chi connectivity index (χ0) is 13.1. The van der Waals surface area contributed by atoms with Gasteiger partial charge in [0.1, 0.15) is 0 Å². The van der Waals surface area contributed by atoms with Crippen LogP contribution in [-0.2, 0) is 11.3 Å². The van der Waals surface area contributed by atoms with Crippen LogP contribution in [0.15, 0.2) is 24.3 Å². The molecule has 1 heterocycles. The van der Waals surface area contributed by atoms with Gasteiger partial charge in [0.2, 0.25) is 5.91 Å². The molecule has 0 bridgehead atoms. The molecule has 3 N–H and O–H groups in total. The minimum atomic E-state index is -0.0977. The standard InChI is InChI=1S/C15H21N3O/c19-15(14-10-16-7-8-17-14)18-9-11-1-3-12(4-2-11)13-5-6-13/h1-4,13-14,16-17H,5-10H2,(H,18,19). The van der Waals surface area contributed by atoms with Gasteiger partial charge >= 0.3 is 0 Å². The van der Waals surface area contributed by atoms with Crippen molar-refractivity contribution in [2.45, 2.75) is 31.3 Å². The number of benzene rings is 1. The number of piperazine rings is 1. The average molecular weight is 259 g/mol. The second-order valence-corrected chi connectivity index (χ2v) is 5.44. The van der Waals surface area contributed by atoms with Gasteiger partial charge in [-0.15, -0.1) is 0 Å². The van der Waals surface area contributed by atoms with Crippen LogP contribution >= 0.6 is 0 Å². The lowest BCUT2D eigenvalue weighted by atomic mass is 10.1. The SMILES string of the molecule is O=C(NCc1ccc(C2CC2)cc1)C1CNCCN1. The van der Waals surface area contributed by atoms with E-state index in [1.165, 1.54) is 24.0 Å². The van der Waals surface area contributed by atoms with E-state index in [0.717, 1.165) is 19.0 Å². The number of hydrogen-bond acceptors (Lipinski definition) is 3. The van der Waals surface area contributed by atoms with E-state index in [4.69, 9.17) is 0 Å². The Bertz CT molecular complexity index is 433. The molecule has 3 rings (SSSR count). The van der Waals surface area contributed by atoms with E-state index in [1.54, 1.807) is 0 Å². The van der Waals surface area contributed by atoms with Crippen LogP contribution in [-0.4, -0.2) is 31.6 Å². The molecule has 1 amide bonds. The van der Waals surface area contributed by atoms with Gasteiger partial charge in [0, 0.05) is 26.2 Å². The Hall–Kier alpha value is -1.39. The van der Waals surface area contributed by atoms with Crippen LogP contribution in [0.3, 0.4) is 0 Å². The second-order valence-electron chi connectivity index (χ2n) is 5.44. The molecule has 19 heavy (non-hydrogen) atoms. The molecular weight excluding hydrogens is 238 g/mol. The van der Waals surface area contributed by atoms with Crippen molar-refractivity contribution in [3.63, 3.8) is 0 Å². The maximum Gasteiger partial charge on any atom is 0.238 e. The maximum absolute atomic E-state index is 11.9. The molecule has 1 aliphatic carbocycles. The Morgan fingerprint density at radius 3 is 2.63 bits per heavy atom. The first-order chi connectivity index (χ1) is 9.33. The Morgan fingerprint density at radius 2 is 2.00 bits per heavy atom. The van der Waals surface area contributed by atoms with E-state index in [1.807, 2.05) is 0 Å². The van der Waals surface area contributed by atoms with Crippen molar-refractivity contribution in [1.82, 2.24) is 16.0 Å². The first-order valence-electron chi connectivity index (χ1n) is 7.13. The summed E-state index contributed by atoms with van der Waals surface area (Å²) in [6, 6.07) is 8.54. The van der Waals surface area contributed by atoms with Gasteiger partial charge in [0.05, 0.1) is 6.04 Å². The van der Waals surface area contributed by atoms with Crippen LogP contribution < -0.4 is 16.0 Å². The molecule has 0 aromatic heterocycles. The molecule has 0 radical (unpaired) electrons. The summed E-state index contributed by atoms with van der Waals surface area (Å²) in [6.45, 7) is 3.12. The zero-order valence-electron chi connectivity index (χ0n) is 11.1. The largest absolute Gasteiger partial charge is 0.351 e. The highest BCUT2D eigenvalue weighted by Gasteiger charge is 2.23. The van der Waals surface area contributed by atoms with E-state index < -0.39 is 0 Å². The van der Waals surface area contributed by atoms with Crippen molar-refractivity contribution in [3.8, 4) is 0 Å². The normalized spacial score (nSPS) is 23.1. The predicted octanol–water partition coefficient (Wildman–Crippen LogP) is 0.742. The van der Waals surface area contributed by atoms with Gasteiger partial charge in [0.15, 0.2) is 0 Å². The van der Waals surface area contributed by atoms with Crippen molar-refractivity contribution >= 4 is 5.91 Å². The number of amides is 1. The van der Waals surface area contributed by atoms with E-state index in [9.17, 15) is 4.79 Å². The molecule has 4 heteroatoms. The third-order valence-corrected chi connectivity index (χ3v) is 3.85. The molecule has 2 fully saturated rings. The first kappa shape index (κ1) is 12.6. The van der Waals surface area contributed by atoms with Crippen LogP contribution in [0.1, 0.15) is 29.9 Å². The van der Waals surface area contributed by atoms with Gasteiger partial charge in [-0.1, -0.05) is 24.3 Å². The molecule has 1 aliphatic heterocycles. The quantitative estimate of drug-likeness (QED) is 0.747. The van der Waals surface area contributed by atoms with Gasteiger partial charge in [-0.05, 0) is 29.9 Å². The summed E-state index contributed by atoms with van der Waals surface area (Å²) in [5.74, 6) is 0.875. The number of hydrogen-bond donors (Lipinski definition) is 3.